The first kappa shape index (κ1) is 20.2. The second-order valence-corrected chi connectivity index (χ2v) is 6.23. The van der Waals surface area contributed by atoms with Crippen molar-refractivity contribution >= 4 is 17.8 Å². The smallest absolute Gasteiger partial charge is 0.220 e. The summed E-state index contributed by atoms with van der Waals surface area (Å²) in [6.45, 7) is 6.78. The average Bonchev–Trinajstić information content (AvgIpc) is 2.69. The minimum Gasteiger partial charge on any atom is -0.496 e. The number of allylic oxidation sites excluding steroid dienone is 1. The minimum atomic E-state index is -0.0172. The number of amides is 1. The summed E-state index contributed by atoms with van der Waals surface area (Å²) in [6, 6.07) is 13.0. The van der Waals surface area contributed by atoms with Gasteiger partial charge in [0.1, 0.15) is 11.5 Å². The van der Waals surface area contributed by atoms with Crippen LogP contribution in [0, 0.1) is 0 Å². The Hall–Kier alpha value is -3.08. The van der Waals surface area contributed by atoms with E-state index in [2.05, 4.69) is 11.9 Å². The molecule has 0 aliphatic heterocycles. The number of hydrogen-bond acceptors (Lipinski definition) is 4. The Kier molecular flexibility index (Phi) is 7.62. The molecule has 5 nitrogen and oxygen atoms in total. The highest BCUT2D eigenvalue weighted by Gasteiger charge is 2.05. The number of ether oxygens (including phenoxy) is 2. The third-order valence-corrected chi connectivity index (χ3v) is 4.09. The van der Waals surface area contributed by atoms with Crippen LogP contribution >= 0.6 is 0 Å². The maximum absolute atomic E-state index is 11.9. The van der Waals surface area contributed by atoms with Gasteiger partial charge in [-0.3, -0.25) is 9.59 Å². The van der Waals surface area contributed by atoms with Crippen LogP contribution in [-0.4, -0.2) is 25.9 Å². The molecule has 0 bridgehead atoms. The lowest BCUT2D eigenvalue weighted by Gasteiger charge is -2.10. The number of carbonyl (C=O) groups excluding carboxylic acids is 2. The zero-order valence-electron chi connectivity index (χ0n) is 15.8. The lowest BCUT2D eigenvalue weighted by molar-refractivity contribution is -0.121. The molecule has 0 aliphatic rings. The van der Waals surface area contributed by atoms with Crippen molar-refractivity contribution in [3.8, 4) is 11.5 Å². The molecule has 0 unspecified atom stereocenters. The number of hydrogen-bond donors (Lipinski definition) is 1. The fourth-order valence-corrected chi connectivity index (χ4v) is 2.50. The SMILES string of the molecule is C=C(C)c1ccc(CNC(=O)CCCOc2ccc(C=O)c(OC)c2)cc1. The van der Waals surface area contributed by atoms with Crippen molar-refractivity contribution in [1.29, 1.82) is 0 Å². The van der Waals surface area contributed by atoms with Crippen molar-refractivity contribution in [3.05, 3.63) is 65.7 Å². The summed E-state index contributed by atoms with van der Waals surface area (Å²) in [7, 11) is 1.50. The van der Waals surface area contributed by atoms with Crippen LogP contribution in [0.5, 0.6) is 11.5 Å². The molecule has 2 aromatic rings. The number of methoxy groups -OCH3 is 1. The standard InChI is InChI=1S/C22H25NO4/c1-16(2)18-8-6-17(7-9-18)14-23-22(25)5-4-12-27-20-11-10-19(15-24)21(13-20)26-3/h6-11,13,15H,1,4-5,12,14H2,2-3H3,(H,23,25). The molecule has 0 fully saturated rings. The van der Waals surface area contributed by atoms with Crippen LogP contribution in [0.15, 0.2) is 49.0 Å². The third kappa shape index (κ3) is 6.29. The summed E-state index contributed by atoms with van der Waals surface area (Å²) < 4.78 is 10.7. The Balaban J connectivity index is 1.70. The molecule has 0 heterocycles. The Morgan fingerprint density at radius 3 is 2.56 bits per heavy atom. The van der Waals surface area contributed by atoms with E-state index in [1.807, 2.05) is 31.2 Å². The van der Waals surface area contributed by atoms with Crippen molar-refractivity contribution in [2.45, 2.75) is 26.3 Å². The van der Waals surface area contributed by atoms with E-state index in [4.69, 9.17) is 9.47 Å². The van der Waals surface area contributed by atoms with Crippen LogP contribution in [0.2, 0.25) is 0 Å². The third-order valence-electron chi connectivity index (χ3n) is 4.09. The molecule has 5 heteroatoms. The lowest BCUT2D eigenvalue weighted by Crippen LogP contribution is -2.22. The van der Waals surface area contributed by atoms with Crippen molar-refractivity contribution < 1.29 is 19.1 Å². The van der Waals surface area contributed by atoms with E-state index in [0.717, 1.165) is 23.0 Å². The van der Waals surface area contributed by atoms with Gasteiger partial charge in [0.15, 0.2) is 6.29 Å². The summed E-state index contributed by atoms with van der Waals surface area (Å²) in [6.07, 6.45) is 1.71. The second kappa shape index (κ2) is 10.2. The van der Waals surface area contributed by atoms with Crippen molar-refractivity contribution in [2.75, 3.05) is 13.7 Å². The van der Waals surface area contributed by atoms with Gasteiger partial charge in [-0.25, -0.2) is 0 Å². The first-order valence-electron chi connectivity index (χ1n) is 8.81. The van der Waals surface area contributed by atoms with Gasteiger partial charge >= 0.3 is 0 Å². The van der Waals surface area contributed by atoms with Gasteiger partial charge in [-0.2, -0.15) is 0 Å². The quantitative estimate of drug-likeness (QED) is 0.509. The molecule has 27 heavy (non-hydrogen) atoms. The molecular weight excluding hydrogens is 342 g/mol. The van der Waals surface area contributed by atoms with Crippen molar-refractivity contribution in [2.24, 2.45) is 0 Å². The highest BCUT2D eigenvalue weighted by Crippen LogP contribution is 2.23. The molecule has 0 saturated heterocycles. The number of nitrogens with one attached hydrogen (secondary N) is 1. The Bertz CT molecular complexity index is 796. The van der Waals surface area contributed by atoms with E-state index >= 15 is 0 Å². The molecule has 0 aliphatic carbocycles. The van der Waals surface area contributed by atoms with Crippen LogP contribution in [0.25, 0.3) is 5.57 Å². The Morgan fingerprint density at radius 1 is 1.19 bits per heavy atom. The van der Waals surface area contributed by atoms with E-state index in [1.165, 1.54) is 7.11 Å². The normalized spacial score (nSPS) is 10.1. The summed E-state index contributed by atoms with van der Waals surface area (Å²) in [5.74, 6) is 1.06. The fourth-order valence-electron chi connectivity index (χ4n) is 2.50. The minimum absolute atomic E-state index is 0.0172. The van der Waals surface area contributed by atoms with Crippen LogP contribution < -0.4 is 14.8 Å². The molecule has 0 spiro atoms. The molecule has 2 aromatic carbocycles. The van der Waals surface area contributed by atoms with Crippen LogP contribution in [0.4, 0.5) is 0 Å². The highest BCUT2D eigenvalue weighted by molar-refractivity contribution is 5.79. The summed E-state index contributed by atoms with van der Waals surface area (Å²) in [5, 5.41) is 2.90. The maximum Gasteiger partial charge on any atom is 0.220 e. The molecule has 142 valence electrons. The van der Waals surface area contributed by atoms with E-state index in [-0.39, 0.29) is 5.91 Å². The zero-order chi connectivity index (χ0) is 19.6. The predicted molar refractivity (Wildman–Crippen MR) is 106 cm³/mol. The first-order chi connectivity index (χ1) is 13.0. The lowest BCUT2D eigenvalue weighted by atomic mass is 10.1. The molecule has 0 atom stereocenters. The van der Waals surface area contributed by atoms with Gasteiger partial charge in [0.25, 0.3) is 0 Å². The van der Waals surface area contributed by atoms with Gasteiger partial charge < -0.3 is 14.8 Å². The van der Waals surface area contributed by atoms with Crippen molar-refractivity contribution in [1.82, 2.24) is 5.32 Å². The summed E-state index contributed by atoms with van der Waals surface area (Å²) in [4.78, 5) is 22.8. The van der Waals surface area contributed by atoms with Gasteiger partial charge in [0.2, 0.25) is 5.91 Å². The van der Waals surface area contributed by atoms with E-state index < -0.39 is 0 Å². The number of rotatable bonds is 10. The van der Waals surface area contributed by atoms with E-state index in [1.54, 1.807) is 18.2 Å². The fraction of sp³-hybridized carbons (Fsp3) is 0.273. The zero-order valence-corrected chi connectivity index (χ0v) is 15.8. The first-order valence-corrected chi connectivity index (χ1v) is 8.81. The number of benzene rings is 2. The summed E-state index contributed by atoms with van der Waals surface area (Å²) in [5.41, 5.74) is 3.64. The van der Waals surface area contributed by atoms with Crippen LogP contribution in [-0.2, 0) is 11.3 Å². The van der Waals surface area contributed by atoms with Gasteiger partial charge in [-0.15, -0.1) is 0 Å². The maximum atomic E-state index is 11.9. The molecule has 2 rings (SSSR count). The molecule has 1 amide bonds. The molecule has 0 radical (unpaired) electrons. The number of aldehydes is 1. The highest BCUT2D eigenvalue weighted by atomic mass is 16.5. The van der Waals surface area contributed by atoms with Gasteiger partial charge in [-0.05, 0) is 36.6 Å². The average molecular weight is 367 g/mol. The van der Waals surface area contributed by atoms with Crippen LogP contribution in [0.3, 0.4) is 0 Å². The predicted octanol–water partition coefficient (Wildman–Crippen LogP) is 4.02. The largest absolute Gasteiger partial charge is 0.496 e. The monoisotopic (exact) mass is 367 g/mol. The van der Waals surface area contributed by atoms with Crippen molar-refractivity contribution in [3.63, 3.8) is 0 Å². The summed E-state index contributed by atoms with van der Waals surface area (Å²) >= 11 is 0. The van der Waals surface area contributed by atoms with E-state index in [9.17, 15) is 9.59 Å². The van der Waals surface area contributed by atoms with Gasteiger partial charge in [0.05, 0.1) is 19.3 Å². The number of carbonyl (C=O) groups is 2. The van der Waals surface area contributed by atoms with Crippen LogP contribution in [0.1, 0.15) is 41.3 Å². The molecular formula is C22H25NO4. The Labute approximate surface area is 160 Å². The molecule has 0 aromatic heterocycles. The molecule has 0 saturated carbocycles. The molecule has 1 N–H and O–H groups in total. The van der Waals surface area contributed by atoms with E-state index in [0.29, 0.717) is 43.1 Å². The topological polar surface area (TPSA) is 64.6 Å². The second-order valence-electron chi connectivity index (χ2n) is 6.23. The van der Waals surface area contributed by atoms with Gasteiger partial charge in [-0.1, -0.05) is 36.4 Å². The Morgan fingerprint density at radius 2 is 1.93 bits per heavy atom. The van der Waals surface area contributed by atoms with Gasteiger partial charge in [0, 0.05) is 19.0 Å².